The lowest BCUT2D eigenvalue weighted by molar-refractivity contribution is -0.146. The number of carbonyl (C=O) groups is 1. The van der Waals surface area contributed by atoms with Crippen molar-refractivity contribution < 1.29 is 15.0 Å². The van der Waals surface area contributed by atoms with E-state index in [-0.39, 0.29) is 5.78 Å². The van der Waals surface area contributed by atoms with Gasteiger partial charge in [-0.1, -0.05) is 6.92 Å². The first-order chi connectivity index (χ1) is 4.92. The fourth-order valence-electron chi connectivity index (χ4n) is 0.713. The van der Waals surface area contributed by atoms with Crippen molar-refractivity contribution in [3.8, 4) is 0 Å². The Morgan fingerprint density at radius 2 is 2.09 bits per heavy atom. The highest BCUT2D eigenvalue weighted by atomic mass is 16.3. The van der Waals surface area contributed by atoms with Gasteiger partial charge in [0.1, 0.15) is 5.60 Å². The molecule has 0 radical (unpaired) electrons. The second kappa shape index (κ2) is 3.83. The van der Waals surface area contributed by atoms with Crippen LogP contribution in [0.1, 0.15) is 33.6 Å². The summed E-state index contributed by atoms with van der Waals surface area (Å²) in [5.41, 5.74) is -1.57. The van der Waals surface area contributed by atoms with E-state index in [4.69, 9.17) is 5.11 Å². The fraction of sp³-hybridized carbons (Fsp3) is 0.875. The van der Waals surface area contributed by atoms with Crippen molar-refractivity contribution in [1.82, 2.24) is 0 Å². The minimum atomic E-state index is -1.57. The van der Waals surface area contributed by atoms with Crippen molar-refractivity contribution in [3.63, 3.8) is 0 Å². The van der Waals surface area contributed by atoms with E-state index in [1.807, 2.05) is 6.92 Å². The van der Waals surface area contributed by atoms with Crippen LogP contribution in [0.5, 0.6) is 0 Å². The van der Waals surface area contributed by atoms with Crippen LogP contribution in [0.15, 0.2) is 0 Å². The molecule has 0 rings (SSSR count). The minimum absolute atomic E-state index is 0.296. The molecule has 0 bridgehead atoms. The lowest BCUT2D eigenvalue weighted by Crippen LogP contribution is -2.45. The Morgan fingerprint density at radius 1 is 1.64 bits per heavy atom. The molecule has 0 saturated carbocycles. The Balaban J connectivity index is 4.18. The molecule has 0 aromatic heterocycles. The van der Waals surface area contributed by atoms with Gasteiger partial charge in [-0.2, -0.15) is 0 Å². The van der Waals surface area contributed by atoms with Crippen LogP contribution in [0.25, 0.3) is 0 Å². The van der Waals surface area contributed by atoms with Crippen LogP contribution in [0.2, 0.25) is 0 Å². The molecule has 0 fully saturated rings. The zero-order valence-electron chi connectivity index (χ0n) is 7.29. The van der Waals surface area contributed by atoms with Crippen LogP contribution >= 0.6 is 0 Å². The van der Waals surface area contributed by atoms with Gasteiger partial charge < -0.3 is 10.2 Å². The average molecular weight is 160 g/mol. The van der Waals surface area contributed by atoms with E-state index in [9.17, 15) is 9.90 Å². The molecule has 0 amide bonds. The summed E-state index contributed by atoms with van der Waals surface area (Å²) < 4.78 is 0. The van der Waals surface area contributed by atoms with Gasteiger partial charge in [0.05, 0.1) is 6.10 Å². The summed E-state index contributed by atoms with van der Waals surface area (Å²) >= 11 is 0. The molecule has 11 heavy (non-hydrogen) atoms. The maximum atomic E-state index is 11.1. The van der Waals surface area contributed by atoms with Crippen LogP contribution in [0, 0.1) is 0 Å². The maximum Gasteiger partial charge on any atom is 0.166 e. The number of ketones is 1. The van der Waals surface area contributed by atoms with E-state index in [2.05, 4.69) is 0 Å². The van der Waals surface area contributed by atoms with E-state index >= 15 is 0 Å². The fourth-order valence-corrected chi connectivity index (χ4v) is 0.713. The van der Waals surface area contributed by atoms with E-state index in [1.165, 1.54) is 13.8 Å². The van der Waals surface area contributed by atoms with Gasteiger partial charge in [-0.05, 0) is 20.3 Å². The van der Waals surface area contributed by atoms with Crippen molar-refractivity contribution >= 4 is 5.78 Å². The third-order valence-electron chi connectivity index (χ3n) is 1.86. The molecule has 2 atom stereocenters. The number of hydrogen-bond donors (Lipinski definition) is 2. The van der Waals surface area contributed by atoms with Gasteiger partial charge in [-0.15, -0.1) is 0 Å². The number of hydrogen-bond acceptors (Lipinski definition) is 3. The molecular weight excluding hydrogens is 144 g/mol. The number of Topliss-reactive ketones (excluding diaryl/α,β-unsaturated/α-hetero) is 1. The van der Waals surface area contributed by atoms with Gasteiger partial charge in [0, 0.05) is 6.42 Å². The second-order valence-electron chi connectivity index (χ2n) is 3.00. The minimum Gasteiger partial charge on any atom is -0.390 e. The number of carbonyl (C=O) groups excluding carboxylic acids is 1. The number of rotatable bonds is 4. The first kappa shape index (κ1) is 10.6. The SMILES string of the molecule is CCCC(=O)[C@](C)(O)[C@H](C)O. The summed E-state index contributed by atoms with van der Waals surface area (Å²) in [5.74, 6) is -0.296. The molecule has 0 spiro atoms. The van der Waals surface area contributed by atoms with Crippen LogP contribution in [-0.4, -0.2) is 27.7 Å². The molecule has 3 nitrogen and oxygen atoms in total. The molecule has 0 saturated heterocycles. The first-order valence-corrected chi connectivity index (χ1v) is 3.86. The molecule has 0 aliphatic rings. The van der Waals surface area contributed by atoms with Crippen molar-refractivity contribution in [2.45, 2.75) is 45.3 Å². The van der Waals surface area contributed by atoms with Gasteiger partial charge in [-0.3, -0.25) is 4.79 Å². The summed E-state index contributed by atoms with van der Waals surface area (Å²) in [7, 11) is 0. The van der Waals surface area contributed by atoms with Crippen molar-refractivity contribution in [2.24, 2.45) is 0 Å². The predicted octanol–water partition coefficient (Wildman–Crippen LogP) is 0.487. The normalized spacial score (nSPS) is 19.0. The predicted molar refractivity (Wildman–Crippen MR) is 42.2 cm³/mol. The Bertz CT molecular complexity index is 138. The average Bonchev–Trinajstić information content (AvgIpc) is 1.88. The lowest BCUT2D eigenvalue weighted by Gasteiger charge is -2.24. The molecule has 0 unspecified atom stereocenters. The smallest absolute Gasteiger partial charge is 0.166 e. The molecule has 0 aromatic carbocycles. The van der Waals surface area contributed by atoms with Gasteiger partial charge >= 0.3 is 0 Å². The summed E-state index contributed by atoms with van der Waals surface area (Å²) in [6, 6.07) is 0. The molecular formula is C8H16O3. The molecule has 3 heteroatoms. The standard InChI is InChI=1S/C8H16O3/c1-4-5-7(10)8(3,11)6(2)9/h6,9,11H,4-5H2,1-3H3/t6-,8+/m0/s1. The molecule has 66 valence electrons. The number of aliphatic hydroxyl groups is 2. The molecule has 0 aliphatic heterocycles. The highest BCUT2D eigenvalue weighted by Gasteiger charge is 2.33. The lowest BCUT2D eigenvalue weighted by atomic mass is 9.92. The summed E-state index contributed by atoms with van der Waals surface area (Å²) in [6.45, 7) is 4.61. The Morgan fingerprint density at radius 3 is 2.36 bits per heavy atom. The summed E-state index contributed by atoms with van der Waals surface area (Å²) in [5, 5.41) is 18.4. The van der Waals surface area contributed by atoms with Crippen molar-refractivity contribution in [1.29, 1.82) is 0 Å². The van der Waals surface area contributed by atoms with E-state index in [0.29, 0.717) is 12.8 Å². The highest BCUT2D eigenvalue weighted by Crippen LogP contribution is 2.13. The molecule has 0 heterocycles. The quantitative estimate of drug-likeness (QED) is 0.629. The molecule has 0 aliphatic carbocycles. The zero-order chi connectivity index (χ0) is 9.07. The second-order valence-corrected chi connectivity index (χ2v) is 3.00. The van der Waals surface area contributed by atoms with Crippen LogP contribution in [-0.2, 0) is 4.79 Å². The van der Waals surface area contributed by atoms with Crippen LogP contribution in [0.3, 0.4) is 0 Å². The molecule has 2 N–H and O–H groups in total. The van der Waals surface area contributed by atoms with Gasteiger partial charge in [0.25, 0.3) is 0 Å². The first-order valence-electron chi connectivity index (χ1n) is 3.86. The zero-order valence-corrected chi connectivity index (χ0v) is 7.29. The van der Waals surface area contributed by atoms with Crippen LogP contribution < -0.4 is 0 Å². The van der Waals surface area contributed by atoms with Gasteiger partial charge in [-0.25, -0.2) is 0 Å². The third-order valence-corrected chi connectivity index (χ3v) is 1.86. The Labute approximate surface area is 67.0 Å². The highest BCUT2D eigenvalue weighted by molar-refractivity contribution is 5.87. The van der Waals surface area contributed by atoms with E-state index in [1.54, 1.807) is 0 Å². The molecule has 0 aromatic rings. The van der Waals surface area contributed by atoms with E-state index in [0.717, 1.165) is 0 Å². The topological polar surface area (TPSA) is 57.5 Å². The Hall–Kier alpha value is -0.410. The monoisotopic (exact) mass is 160 g/mol. The summed E-state index contributed by atoms with van der Waals surface area (Å²) in [4.78, 5) is 11.1. The summed E-state index contributed by atoms with van der Waals surface area (Å²) in [6.07, 6.45) is 0.0149. The van der Waals surface area contributed by atoms with E-state index < -0.39 is 11.7 Å². The van der Waals surface area contributed by atoms with Gasteiger partial charge in [0.15, 0.2) is 5.78 Å². The maximum absolute atomic E-state index is 11.1. The van der Waals surface area contributed by atoms with Crippen molar-refractivity contribution in [2.75, 3.05) is 0 Å². The number of aliphatic hydroxyl groups excluding tert-OH is 1. The largest absolute Gasteiger partial charge is 0.390 e. The van der Waals surface area contributed by atoms with Crippen molar-refractivity contribution in [3.05, 3.63) is 0 Å². The third kappa shape index (κ3) is 2.60. The van der Waals surface area contributed by atoms with Crippen LogP contribution in [0.4, 0.5) is 0 Å². The Kier molecular flexibility index (Phi) is 3.69. The van der Waals surface area contributed by atoms with Gasteiger partial charge in [0.2, 0.25) is 0 Å².